The minimum atomic E-state index is -0.334. The molecule has 1 N–H and O–H groups in total. The van der Waals surface area contributed by atoms with Crippen molar-refractivity contribution in [2.24, 2.45) is 5.92 Å². The first-order valence-corrected chi connectivity index (χ1v) is 5.20. The molecule has 0 amide bonds. The number of hydrogen-bond acceptors (Lipinski definition) is 2. The van der Waals surface area contributed by atoms with Crippen LogP contribution < -0.4 is 0 Å². The van der Waals surface area contributed by atoms with Crippen LogP contribution in [0.4, 0.5) is 0 Å². The summed E-state index contributed by atoms with van der Waals surface area (Å²) in [5.74, 6) is 0.646. The van der Waals surface area contributed by atoms with Crippen LogP contribution in [0.5, 0.6) is 0 Å². The van der Waals surface area contributed by atoms with Gasteiger partial charge in [0.05, 0.1) is 6.10 Å². The highest BCUT2D eigenvalue weighted by molar-refractivity contribution is 5.17. The quantitative estimate of drug-likeness (QED) is 0.797. The smallest absolute Gasteiger partial charge is 0.0791 e. The number of aromatic nitrogens is 1. The van der Waals surface area contributed by atoms with Crippen LogP contribution in [-0.4, -0.2) is 10.1 Å². The molecule has 0 bridgehead atoms. The van der Waals surface area contributed by atoms with Crippen molar-refractivity contribution in [3.63, 3.8) is 0 Å². The summed E-state index contributed by atoms with van der Waals surface area (Å²) in [6.45, 7) is 6.29. The van der Waals surface area contributed by atoms with Gasteiger partial charge in [0.25, 0.3) is 0 Å². The molecule has 2 heteroatoms. The van der Waals surface area contributed by atoms with E-state index in [0.717, 1.165) is 24.1 Å². The van der Waals surface area contributed by atoms with Gasteiger partial charge in [-0.15, -0.1) is 0 Å². The molecular formula is C12H19NO. The third-order valence-electron chi connectivity index (χ3n) is 2.32. The number of aryl methyl sites for hydroxylation is 1. The zero-order valence-corrected chi connectivity index (χ0v) is 9.20. The van der Waals surface area contributed by atoms with Gasteiger partial charge in [-0.1, -0.05) is 13.8 Å². The Balaban J connectivity index is 2.56. The van der Waals surface area contributed by atoms with Gasteiger partial charge < -0.3 is 5.11 Å². The fraction of sp³-hybridized carbons (Fsp3) is 0.583. The number of hydrogen-bond donors (Lipinski definition) is 1. The van der Waals surface area contributed by atoms with E-state index in [1.54, 1.807) is 6.20 Å². The zero-order valence-electron chi connectivity index (χ0n) is 9.20. The average Bonchev–Trinajstić information content (AvgIpc) is 2.14. The standard InChI is InChI=1S/C12H19NO/c1-9(2)4-5-12(14)11-6-7-13-10(3)8-11/h6-9,12,14H,4-5H2,1-3H3. The van der Waals surface area contributed by atoms with Crippen molar-refractivity contribution < 1.29 is 5.11 Å². The van der Waals surface area contributed by atoms with E-state index in [2.05, 4.69) is 18.8 Å². The predicted octanol–water partition coefficient (Wildman–Crippen LogP) is 2.86. The van der Waals surface area contributed by atoms with E-state index >= 15 is 0 Å². The first-order valence-electron chi connectivity index (χ1n) is 5.20. The van der Waals surface area contributed by atoms with Crippen molar-refractivity contribution in [3.05, 3.63) is 29.6 Å². The van der Waals surface area contributed by atoms with Crippen LogP contribution in [-0.2, 0) is 0 Å². The minimum Gasteiger partial charge on any atom is -0.388 e. The average molecular weight is 193 g/mol. The van der Waals surface area contributed by atoms with Crippen molar-refractivity contribution in [1.82, 2.24) is 4.98 Å². The van der Waals surface area contributed by atoms with Crippen molar-refractivity contribution in [2.75, 3.05) is 0 Å². The minimum absolute atomic E-state index is 0.334. The van der Waals surface area contributed by atoms with Crippen molar-refractivity contribution in [2.45, 2.75) is 39.7 Å². The summed E-state index contributed by atoms with van der Waals surface area (Å²) < 4.78 is 0. The molecule has 1 atom stereocenters. The van der Waals surface area contributed by atoms with Crippen LogP contribution in [0, 0.1) is 12.8 Å². The van der Waals surface area contributed by atoms with E-state index in [4.69, 9.17) is 0 Å². The van der Waals surface area contributed by atoms with Gasteiger partial charge in [0.2, 0.25) is 0 Å². The topological polar surface area (TPSA) is 33.1 Å². The lowest BCUT2D eigenvalue weighted by molar-refractivity contribution is 0.159. The van der Waals surface area contributed by atoms with Gasteiger partial charge in [0.1, 0.15) is 0 Å². The Morgan fingerprint density at radius 1 is 1.36 bits per heavy atom. The number of pyridine rings is 1. The van der Waals surface area contributed by atoms with E-state index < -0.39 is 0 Å². The first kappa shape index (κ1) is 11.2. The summed E-state index contributed by atoms with van der Waals surface area (Å²) in [5.41, 5.74) is 1.95. The maximum atomic E-state index is 9.87. The lowest BCUT2D eigenvalue weighted by atomic mass is 10.0. The van der Waals surface area contributed by atoms with Gasteiger partial charge in [-0.25, -0.2) is 0 Å². The van der Waals surface area contributed by atoms with Crippen molar-refractivity contribution in [1.29, 1.82) is 0 Å². The normalized spacial score (nSPS) is 13.2. The second kappa shape index (κ2) is 5.11. The molecule has 0 aromatic carbocycles. The molecule has 0 radical (unpaired) electrons. The van der Waals surface area contributed by atoms with E-state index in [1.165, 1.54) is 0 Å². The van der Waals surface area contributed by atoms with Gasteiger partial charge in [0.15, 0.2) is 0 Å². The molecule has 0 fully saturated rings. The van der Waals surface area contributed by atoms with Gasteiger partial charge in [0, 0.05) is 11.9 Å². The molecule has 14 heavy (non-hydrogen) atoms. The molecule has 1 unspecified atom stereocenters. The Bertz CT molecular complexity index is 283. The Hall–Kier alpha value is -0.890. The predicted molar refractivity (Wildman–Crippen MR) is 58.0 cm³/mol. The number of nitrogens with zero attached hydrogens (tertiary/aromatic N) is 1. The van der Waals surface area contributed by atoms with Crippen molar-refractivity contribution >= 4 is 0 Å². The Labute approximate surface area is 86.0 Å². The van der Waals surface area contributed by atoms with E-state index in [-0.39, 0.29) is 6.10 Å². The van der Waals surface area contributed by atoms with Crippen molar-refractivity contribution in [3.8, 4) is 0 Å². The molecule has 1 rings (SSSR count). The molecule has 1 aromatic heterocycles. The molecule has 2 nitrogen and oxygen atoms in total. The largest absolute Gasteiger partial charge is 0.388 e. The highest BCUT2D eigenvalue weighted by atomic mass is 16.3. The Morgan fingerprint density at radius 2 is 2.07 bits per heavy atom. The molecule has 0 aliphatic heterocycles. The molecule has 1 heterocycles. The van der Waals surface area contributed by atoms with E-state index in [0.29, 0.717) is 5.92 Å². The molecule has 0 spiro atoms. The van der Waals surface area contributed by atoms with E-state index in [1.807, 2.05) is 19.1 Å². The second-order valence-electron chi connectivity index (χ2n) is 4.22. The van der Waals surface area contributed by atoms with Crippen LogP contribution >= 0.6 is 0 Å². The highest BCUT2D eigenvalue weighted by Crippen LogP contribution is 2.20. The molecule has 1 aromatic rings. The second-order valence-corrected chi connectivity index (χ2v) is 4.22. The van der Waals surface area contributed by atoms with E-state index in [9.17, 15) is 5.11 Å². The molecule has 0 saturated carbocycles. The molecular weight excluding hydrogens is 174 g/mol. The monoisotopic (exact) mass is 193 g/mol. The summed E-state index contributed by atoms with van der Waals surface area (Å²) >= 11 is 0. The Morgan fingerprint density at radius 3 is 2.64 bits per heavy atom. The Kier molecular flexibility index (Phi) is 4.08. The maximum Gasteiger partial charge on any atom is 0.0791 e. The maximum absolute atomic E-state index is 9.87. The van der Waals surface area contributed by atoms with Crippen LogP contribution in [0.25, 0.3) is 0 Å². The van der Waals surface area contributed by atoms with Gasteiger partial charge >= 0.3 is 0 Å². The summed E-state index contributed by atoms with van der Waals surface area (Å²) in [6.07, 6.45) is 3.31. The first-order chi connectivity index (χ1) is 6.59. The van der Waals surface area contributed by atoms with Crippen LogP contribution in [0.15, 0.2) is 18.3 Å². The van der Waals surface area contributed by atoms with Gasteiger partial charge in [-0.2, -0.15) is 0 Å². The van der Waals surface area contributed by atoms with Gasteiger partial charge in [-0.3, -0.25) is 4.98 Å². The fourth-order valence-corrected chi connectivity index (χ4v) is 1.43. The molecule has 0 aliphatic carbocycles. The number of aliphatic hydroxyl groups is 1. The summed E-state index contributed by atoms with van der Waals surface area (Å²) in [7, 11) is 0. The van der Waals surface area contributed by atoms with Gasteiger partial charge in [-0.05, 0) is 43.4 Å². The van der Waals surface area contributed by atoms with Crippen LogP contribution in [0.1, 0.15) is 44.1 Å². The summed E-state index contributed by atoms with van der Waals surface area (Å²) in [5, 5.41) is 9.87. The molecule has 78 valence electrons. The fourth-order valence-electron chi connectivity index (χ4n) is 1.43. The summed E-state index contributed by atoms with van der Waals surface area (Å²) in [4.78, 5) is 4.11. The van der Waals surface area contributed by atoms with Crippen LogP contribution in [0.2, 0.25) is 0 Å². The highest BCUT2D eigenvalue weighted by Gasteiger charge is 2.08. The third-order valence-corrected chi connectivity index (χ3v) is 2.32. The lowest BCUT2D eigenvalue weighted by Crippen LogP contribution is -2.00. The number of aliphatic hydroxyl groups excluding tert-OH is 1. The molecule has 0 saturated heterocycles. The zero-order chi connectivity index (χ0) is 10.6. The lowest BCUT2D eigenvalue weighted by Gasteiger charge is -2.12. The number of rotatable bonds is 4. The SMILES string of the molecule is Cc1cc(C(O)CCC(C)C)ccn1. The molecule has 0 aliphatic rings. The van der Waals surface area contributed by atoms with Crippen LogP contribution in [0.3, 0.4) is 0 Å². The third kappa shape index (κ3) is 3.46. The summed E-state index contributed by atoms with van der Waals surface area (Å²) in [6, 6.07) is 3.84.